The van der Waals surface area contributed by atoms with Crippen molar-refractivity contribution < 1.29 is 9.59 Å². The van der Waals surface area contributed by atoms with Gasteiger partial charge in [0.2, 0.25) is 5.96 Å². The molecule has 0 bridgehead atoms. The van der Waals surface area contributed by atoms with Gasteiger partial charge in [0.05, 0.1) is 10.8 Å². The zero-order chi connectivity index (χ0) is 20.8. The largest absolute Gasteiger partial charge is 0.341 e. The molecule has 7 nitrogen and oxygen atoms in total. The third-order valence-corrected chi connectivity index (χ3v) is 5.62. The lowest BCUT2D eigenvalue weighted by atomic mass is 9.94. The summed E-state index contributed by atoms with van der Waals surface area (Å²) < 4.78 is 0. The molecule has 2 amide bonds. The predicted molar refractivity (Wildman–Crippen MR) is 120 cm³/mol. The number of rotatable bonds is 8. The van der Waals surface area contributed by atoms with E-state index >= 15 is 0 Å². The molecule has 28 heavy (non-hydrogen) atoms. The summed E-state index contributed by atoms with van der Waals surface area (Å²) in [5, 5.41) is 3.48. The van der Waals surface area contributed by atoms with Gasteiger partial charge in [0.1, 0.15) is 5.78 Å². The highest BCUT2D eigenvalue weighted by atomic mass is 32.2. The first-order chi connectivity index (χ1) is 13.5. The number of hydrogen-bond acceptors (Lipinski definition) is 4. The lowest BCUT2D eigenvalue weighted by molar-refractivity contribution is -0.116. The molecule has 0 aromatic rings. The fourth-order valence-electron chi connectivity index (χ4n) is 2.86. The number of amides is 2. The summed E-state index contributed by atoms with van der Waals surface area (Å²) in [4.78, 5) is 38.2. The number of urea groups is 1. The van der Waals surface area contributed by atoms with Gasteiger partial charge in [-0.05, 0) is 38.5 Å². The molecule has 8 heteroatoms. The average molecular weight is 410 g/mol. The number of guanidine groups is 1. The maximum atomic E-state index is 11.9. The Balaban J connectivity index is 2.27. The van der Waals surface area contributed by atoms with Gasteiger partial charge in [0, 0.05) is 39.3 Å². The number of carbonyl (C=O) groups is 2. The van der Waals surface area contributed by atoms with Crippen molar-refractivity contribution in [3.63, 3.8) is 0 Å². The Kier molecular flexibility index (Phi) is 12.4. The van der Waals surface area contributed by atoms with Gasteiger partial charge in [-0.1, -0.05) is 20.3 Å². The summed E-state index contributed by atoms with van der Waals surface area (Å²) in [6.07, 6.45) is 7.64. The van der Waals surface area contributed by atoms with Crippen molar-refractivity contribution in [1.82, 2.24) is 10.2 Å². The zero-order valence-corrected chi connectivity index (χ0v) is 18.6. The van der Waals surface area contributed by atoms with Crippen molar-refractivity contribution in [2.45, 2.75) is 59.3 Å². The summed E-state index contributed by atoms with van der Waals surface area (Å²) in [5.41, 5.74) is 0. The summed E-state index contributed by atoms with van der Waals surface area (Å²) >= 11 is 1.32. The van der Waals surface area contributed by atoms with E-state index in [-0.39, 0.29) is 11.8 Å². The van der Waals surface area contributed by atoms with Crippen LogP contribution in [0.5, 0.6) is 0 Å². The topological polar surface area (TPSA) is 86.5 Å². The fourth-order valence-corrected chi connectivity index (χ4v) is 3.58. The van der Waals surface area contributed by atoms with E-state index in [0.717, 1.165) is 51.2 Å². The normalized spacial score (nSPS) is 16.6. The maximum Gasteiger partial charge on any atom is 0.341 e. The second-order valence-corrected chi connectivity index (χ2v) is 8.05. The van der Waals surface area contributed by atoms with Crippen LogP contribution < -0.4 is 5.32 Å². The number of nitrogens with one attached hydrogen (secondary N) is 1. The molecule has 1 heterocycles. The van der Waals surface area contributed by atoms with E-state index in [1.807, 2.05) is 13.1 Å². The number of hydrogen-bond donors (Lipinski definition) is 1. The summed E-state index contributed by atoms with van der Waals surface area (Å²) in [5.74, 6) is 1.96. The van der Waals surface area contributed by atoms with Crippen LogP contribution in [0.1, 0.15) is 59.3 Å². The number of aliphatic imine (C=N–C) groups is 3. The third-order valence-electron chi connectivity index (χ3n) is 4.65. The van der Waals surface area contributed by atoms with Gasteiger partial charge < -0.3 is 10.2 Å². The second kappa shape index (κ2) is 14.3. The minimum absolute atomic E-state index is 0.165. The third kappa shape index (κ3) is 10.0. The van der Waals surface area contributed by atoms with Crippen LogP contribution in [-0.4, -0.2) is 66.4 Å². The number of likely N-dealkylation sites (tertiary alicyclic amines) is 1. The Morgan fingerprint density at radius 1 is 1.25 bits per heavy atom. The van der Waals surface area contributed by atoms with Gasteiger partial charge in [0.15, 0.2) is 0 Å². The van der Waals surface area contributed by atoms with Crippen molar-refractivity contribution in [2.75, 3.05) is 32.4 Å². The van der Waals surface area contributed by atoms with E-state index in [0.29, 0.717) is 29.7 Å². The molecular weight excluding hydrogens is 374 g/mol. The summed E-state index contributed by atoms with van der Waals surface area (Å²) in [6, 6.07) is -0.322. The van der Waals surface area contributed by atoms with Crippen molar-refractivity contribution in [1.29, 1.82) is 0 Å². The Morgan fingerprint density at radius 3 is 2.57 bits per heavy atom. The van der Waals surface area contributed by atoms with Gasteiger partial charge in [-0.15, -0.1) is 11.8 Å². The quantitative estimate of drug-likeness (QED) is 0.488. The van der Waals surface area contributed by atoms with Crippen LogP contribution >= 0.6 is 11.8 Å². The number of carbonyl (C=O) groups excluding carboxylic acids is 2. The summed E-state index contributed by atoms with van der Waals surface area (Å²) in [6.45, 7) is 8.27. The first-order valence-corrected chi connectivity index (χ1v) is 11.2. The molecule has 0 spiro atoms. The molecule has 158 valence electrons. The van der Waals surface area contributed by atoms with Crippen molar-refractivity contribution in [2.24, 2.45) is 20.9 Å². The molecule has 0 saturated carbocycles. The van der Waals surface area contributed by atoms with Gasteiger partial charge >= 0.3 is 6.03 Å². The molecule has 0 unspecified atom stereocenters. The molecule has 1 fully saturated rings. The van der Waals surface area contributed by atoms with Crippen molar-refractivity contribution in [3.8, 4) is 0 Å². The van der Waals surface area contributed by atoms with Crippen LogP contribution in [0.15, 0.2) is 15.0 Å². The number of unbranched alkanes of at least 4 members (excludes halogenated alkanes) is 1. The van der Waals surface area contributed by atoms with Crippen LogP contribution in [0, 0.1) is 5.92 Å². The molecule has 0 radical (unpaired) electrons. The molecule has 0 aromatic heterocycles. The molecule has 0 aliphatic carbocycles. The number of piperidine rings is 1. The molecule has 1 N–H and O–H groups in total. The highest BCUT2D eigenvalue weighted by Crippen LogP contribution is 2.20. The number of thioether (sulfide) groups is 1. The van der Waals surface area contributed by atoms with Crippen LogP contribution in [0.25, 0.3) is 0 Å². The minimum atomic E-state index is -0.322. The van der Waals surface area contributed by atoms with Crippen molar-refractivity contribution >= 4 is 40.8 Å². The van der Waals surface area contributed by atoms with E-state index in [4.69, 9.17) is 0 Å². The lowest BCUT2D eigenvalue weighted by Crippen LogP contribution is -2.38. The number of Topliss-reactive ketones (excluding diaryl/α,β-unsaturated/α-hetero) is 1. The average Bonchev–Trinajstić information content (AvgIpc) is 2.70. The van der Waals surface area contributed by atoms with Gasteiger partial charge in [-0.25, -0.2) is 9.79 Å². The van der Waals surface area contributed by atoms with E-state index in [1.54, 1.807) is 14.0 Å². The van der Waals surface area contributed by atoms with E-state index in [1.165, 1.54) is 11.8 Å². The van der Waals surface area contributed by atoms with Gasteiger partial charge in [-0.3, -0.25) is 9.79 Å². The van der Waals surface area contributed by atoms with E-state index in [2.05, 4.69) is 32.1 Å². The molecule has 1 rings (SSSR count). The standard InChI is InChI=1S/C20H35N5O2S/c1-5-7-11-22-19(21-4)25-13-9-17(10-14-25)8-12-23-20(27)24-16(3)28-15-18(26)6-2/h11,17H,5-10,12-15H2,1-4H3,(H,23,27)/b21-19+,22-11-,24-16-. The molecule has 0 atom stereocenters. The highest BCUT2D eigenvalue weighted by molar-refractivity contribution is 8.14. The lowest BCUT2D eigenvalue weighted by Gasteiger charge is -2.32. The van der Waals surface area contributed by atoms with E-state index in [9.17, 15) is 9.59 Å². The Morgan fingerprint density at radius 2 is 1.96 bits per heavy atom. The fraction of sp³-hybridized carbons (Fsp3) is 0.750. The molecular formula is C20H35N5O2S. The van der Waals surface area contributed by atoms with Crippen LogP contribution in [0.3, 0.4) is 0 Å². The molecule has 1 saturated heterocycles. The predicted octanol–water partition coefficient (Wildman–Crippen LogP) is 3.79. The van der Waals surface area contributed by atoms with Crippen LogP contribution in [0.2, 0.25) is 0 Å². The first-order valence-electron chi connectivity index (χ1n) is 10.2. The number of ketones is 1. The first kappa shape index (κ1) is 24.3. The second-order valence-electron chi connectivity index (χ2n) is 6.89. The molecule has 0 aromatic carbocycles. The SMILES string of the molecule is CCC/C=N\C(=N/C)N1CCC(CCNC(=O)/N=C(/C)SCC(=O)CC)CC1. The Hall–Kier alpha value is -1.70. The van der Waals surface area contributed by atoms with Gasteiger partial charge in [0.25, 0.3) is 0 Å². The molecule has 1 aliphatic rings. The Bertz CT molecular complexity index is 581. The maximum absolute atomic E-state index is 11.9. The summed E-state index contributed by atoms with van der Waals surface area (Å²) in [7, 11) is 1.79. The van der Waals surface area contributed by atoms with Gasteiger partial charge in [-0.2, -0.15) is 4.99 Å². The van der Waals surface area contributed by atoms with Crippen LogP contribution in [0.4, 0.5) is 4.79 Å². The monoisotopic (exact) mass is 409 g/mol. The Labute approximate surface area is 173 Å². The highest BCUT2D eigenvalue weighted by Gasteiger charge is 2.21. The smallest absolute Gasteiger partial charge is 0.341 e. The minimum Gasteiger partial charge on any atom is -0.341 e. The molecule has 1 aliphatic heterocycles. The van der Waals surface area contributed by atoms with Crippen molar-refractivity contribution in [3.05, 3.63) is 0 Å². The zero-order valence-electron chi connectivity index (χ0n) is 17.7. The van der Waals surface area contributed by atoms with Crippen LogP contribution in [-0.2, 0) is 4.79 Å². The van der Waals surface area contributed by atoms with E-state index < -0.39 is 0 Å². The number of nitrogens with zero attached hydrogens (tertiary/aromatic N) is 4.